The van der Waals surface area contributed by atoms with Crippen LogP contribution in [0.5, 0.6) is 0 Å². The summed E-state index contributed by atoms with van der Waals surface area (Å²) in [7, 11) is 0. The average molecular weight is 185 g/mol. The highest BCUT2D eigenvalue weighted by atomic mass is 15.1. The van der Waals surface area contributed by atoms with Crippen LogP contribution in [0.1, 0.15) is 30.9 Å². The van der Waals surface area contributed by atoms with Crippen LogP contribution in [-0.4, -0.2) is 10.2 Å². The van der Waals surface area contributed by atoms with Crippen LogP contribution in [0.25, 0.3) is 10.9 Å². The first-order valence-electron chi connectivity index (χ1n) is 4.59. The SMILES string of the molecule is CC(C)c1cc(C#N)cc2[nH]ncc12. The van der Waals surface area contributed by atoms with Gasteiger partial charge in [0.05, 0.1) is 23.3 Å². The number of H-pyrrole nitrogens is 1. The third kappa shape index (κ3) is 1.25. The lowest BCUT2D eigenvalue weighted by Crippen LogP contribution is -1.89. The Morgan fingerprint density at radius 2 is 2.21 bits per heavy atom. The second kappa shape index (κ2) is 3.15. The maximum Gasteiger partial charge on any atom is 0.0992 e. The van der Waals surface area contributed by atoms with Gasteiger partial charge < -0.3 is 0 Å². The van der Waals surface area contributed by atoms with Crippen LogP contribution < -0.4 is 0 Å². The van der Waals surface area contributed by atoms with Crippen molar-refractivity contribution in [1.82, 2.24) is 10.2 Å². The van der Waals surface area contributed by atoms with E-state index in [-0.39, 0.29) is 0 Å². The molecule has 0 saturated heterocycles. The molecule has 0 unspecified atom stereocenters. The summed E-state index contributed by atoms with van der Waals surface area (Å²) in [5.74, 6) is 0.406. The normalized spacial score (nSPS) is 10.7. The zero-order valence-electron chi connectivity index (χ0n) is 8.20. The fourth-order valence-electron chi connectivity index (χ4n) is 1.62. The lowest BCUT2D eigenvalue weighted by Gasteiger charge is -2.06. The van der Waals surface area contributed by atoms with Gasteiger partial charge in [-0.1, -0.05) is 13.8 Å². The van der Waals surface area contributed by atoms with E-state index < -0.39 is 0 Å². The Bertz CT molecular complexity index is 503. The van der Waals surface area contributed by atoms with Crippen molar-refractivity contribution in [3.63, 3.8) is 0 Å². The molecule has 0 aliphatic rings. The molecule has 3 heteroatoms. The Hall–Kier alpha value is -1.82. The predicted octanol–water partition coefficient (Wildman–Crippen LogP) is 2.56. The Morgan fingerprint density at radius 1 is 1.43 bits per heavy atom. The monoisotopic (exact) mass is 185 g/mol. The van der Waals surface area contributed by atoms with Gasteiger partial charge in [0.25, 0.3) is 0 Å². The number of nitrogens with zero attached hydrogens (tertiary/aromatic N) is 2. The quantitative estimate of drug-likeness (QED) is 0.742. The lowest BCUT2D eigenvalue weighted by atomic mass is 9.97. The van der Waals surface area contributed by atoms with Gasteiger partial charge in [-0.2, -0.15) is 10.4 Å². The Labute approximate surface area is 82.4 Å². The number of rotatable bonds is 1. The first-order valence-corrected chi connectivity index (χ1v) is 4.59. The zero-order valence-corrected chi connectivity index (χ0v) is 8.20. The van der Waals surface area contributed by atoms with Gasteiger partial charge in [0.2, 0.25) is 0 Å². The van der Waals surface area contributed by atoms with Crippen molar-refractivity contribution in [2.24, 2.45) is 0 Å². The molecule has 1 aromatic heterocycles. The Kier molecular flexibility index (Phi) is 1.97. The predicted molar refractivity (Wildman–Crippen MR) is 54.9 cm³/mol. The van der Waals surface area contributed by atoms with Crippen molar-refractivity contribution < 1.29 is 0 Å². The van der Waals surface area contributed by atoms with Gasteiger partial charge in [-0.15, -0.1) is 0 Å². The van der Waals surface area contributed by atoms with E-state index in [0.717, 1.165) is 10.9 Å². The molecule has 0 bridgehead atoms. The largest absolute Gasteiger partial charge is 0.278 e. The second-order valence-corrected chi connectivity index (χ2v) is 3.66. The molecular weight excluding hydrogens is 174 g/mol. The van der Waals surface area contributed by atoms with Gasteiger partial charge >= 0.3 is 0 Å². The third-order valence-corrected chi connectivity index (χ3v) is 2.34. The first kappa shape index (κ1) is 8.76. The summed E-state index contributed by atoms with van der Waals surface area (Å²) < 4.78 is 0. The standard InChI is InChI=1S/C11H11N3/c1-7(2)9-3-8(5-12)4-11-10(9)6-13-14-11/h3-4,6-7H,1-2H3,(H,13,14). The molecule has 0 aliphatic carbocycles. The maximum atomic E-state index is 8.86. The molecular formula is C11H11N3. The molecule has 0 saturated carbocycles. The van der Waals surface area contributed by atoms with Gasteiger partial charge in [0.1, 0.15) is 0 Å². The van der Waals surface area contributed by atoms with Crippen molar-refractivity contribution in [3.05, 3.63) is 29.5 Å². The van der Waals surface area contributed by atoms with Crippen molar-refractivity contribution in [2.45, 2.75) is 19.8 Å². The van der Waals surface area contributed by atoms with Gasteiger partial charge in [0, 0.05) is 5.39 Å². The van der Waals surface area contributed by atoms with E-state index >= 15 is 0 Å². The van der Waals surface area contributed by atoms with Gasteiger partial charge in [0.15, 0.2) is 0 Å². The molecule has 70 valence electrons. The summed E-state index contributed by atoms with van der Waals surface area (Å²) in [6.45, 7) is 4.23. The van der Waals surface area contributed by atoms with Gasteiger partial charge in [-0.25, -0.2) is 0 Å². The number of aromatic nitrogens is 2. The van der Waals surface area contributed by atoms with E-state index in [1.165, 1.54) is 5.56 Å². The Balaban J connectivity index is 2.78. The Morgan fingerprint density at radius 3 is 2.86 bits per heavy atom. The van der Waals surface area contributed by atoms with Crippen LogP contribution in [0, 0.1) is 11.3 Å². The van der Waals surface area contributed by atoms with E-state index in [2.05, 4.69) is 30.1 Å². The summed E-state index contributed by atoms with van der Waals surface area (Å²) in [5.41, 5.74) is 2.80. The highest BCUT2D eigenvalue weighted by Crippen LogP contribution is 2.25. The third-order valence-electron chi connectivity index (χ3n) is 2.34. The minimum Gasteiger partial charge on any atom is -0.278 e. The summed E-state index contributed by atoms with van der Waals surface area (Å²) in [5, 5.41) is 16.8. The van der Waals surface area contributed by atoms with Crippen LogP contribution in [0.2, 0.25) is 0 Å². The summed E-state index contributed by atoms with van der Waals surface area (Å²) in [6.07, 6.45) is 1.81. The molecule has 0 radical (unpaired) electrons. The van der Waals surface area contributed by atoms with Crippen LogP contribution in [0.4, 0.5) is 0 Å². The van der Waals surface area contributed by atoms with Gasteiger partial charge in [-0.05, 0) is 23.6 Å². The van der Waals surface area contributed by atoms with Crippen LogP contribution in [0.3, 0.4) is 0 Å². The van der Waals surface area contributed by atoms with E-state index in [0.29, 0.717) is 11.5 Å². The molecule has 0 fully saturated rings. The second-order valence-electron chi connectivity index (χ2n) is 3.66. The average Bonchev–Trinajstić information content (AvgIpc) is 2.63. The minimum atomic E-state index is 0.406. The minimum absolute atomic E-state index is 0.406. The molecule has 0 spiro atoms. The molecule has 0 aliphatic heterocycles. The summed E-state index contributed by atoms with van der Waals surface area (Å²) in [4.78, 5) is 0. The highest BCUT2D eigenvalue weighted by Gasteiger charge is 2.08. The van der Waals surface area contributed by atoms with Crippen LogP contribution in [-0.2, 0) is 0 Å². The number of benzene rings is 1. The van der Waals surface area contributed by atoms with Crippen molar-refractivity contribution in [3.8, 4) is 6.07 Å². The molecule has 2 aromatic rings. The van der Waals surface area contributed by atoms with E-state index in [9.17, 15) is 0 Å². The molecule has 1 heterocycles. The fourth-order valence-corrected chi connectivity index (χ4v) is 1.62. The molecule has 0 amide bonds. The molecule has 14 heavy (non-hydrogen) atoms. The number of hydrogen-bond donors (Lipinski definition) is 1. The lowest BCUT2D eigenvalue weighted by molar-refractivity contribution is 0.876. The van der Waals surface area contributed by atoms with Crippen LogP contribution >= 0.6 is 0 Å². The van der Waals surface area contributed by atoms with E-state index in [1.807, 2.05) is 18.3 Å². The topological polar surface area (TPSA) is 52.5 Å². The van der Waals surface area contributed by atoms with E-state index in [1.54, 1.807) is 0 Å². The number of nitriles is 1. The molecule has 1 N–H and O–H groups in total. The van der Waals surface area contributed by atoms with Gasteiger partial charge in [-0.3, -0.25) is 5.10 Å². The van der Waals surface area contributed by atoms with E-state index in [4.69, 9.17) is 5.26 Å². The number of aromatic amines is 1. The maximum absolute atomic E-state index is 8.86. The van der Waals surface area contributed by atoms with Crippen molar-refractivity contribution in [2.75, 3.05) is 0 Å². The summed E-state index contributed by atoms with van der Waals surface area (Å²) in [6, 6.07) is 5.92. The first-order chi connectivity index (χ1) is 6.72. The number of fused-ring (bicyclic) bond motifs is 1. The fraction of sp³-hybridized carbons (Fsp3) is 0.273. The zero-order chi connectivity index (χ0) is 10.1. The smallest absolute Gasteiger partial charge is 0.0992 e. The highest BCUT2D eigenvalue weighted by molar-refractivity contribution is 5.83. The molecule has 2 rings (SSSR count). The molecule has 1 aromatic carbocycles. The molecule has 0 atom stereocenters. The number of hydrogen-bond acceptors (Lipinski definition) is 2. The molecule has 3 nitrogen and oxygen atoms in total. The van der Waals surface area contributed by atoms with Crippen molar-refractivity contribution in [1.29, 1.82) is 5.26 Å². The van der Waals surface area contributed by atoms with Crippen LogP contribution in [0.15, 0.2) is 18.3 Å². The summed E-state index contributed by atoms with van der Waals surface area (Å²) >= 11 is 0. The number of nitrogens with one attached hydrogen (secondary N) is 1. The van der Waals surface area contributed by atoms with Crippen molar-refractivity contribution >= 4 is 10.9 Å².